The molecule has 1 aliphatic rings. The van der Waals surface area contributed by atoms with Gasteiger partial charge in [0.2, 0.25) is 5.95 Å². The second kappa shape index (κ2) is 4.47. The zero-order valence-electron chi connectivity index (χ0n) is 11.6. The predicted octanol–water partition coefficient (Wildman–Crippen LogP) is 3.35. The summed E-state index contributed by atoms with van der Waals surface area (Å²) in [5.74, 6) is 1.68. The van der Waals surface area contributed by atoms with Crippen molar-refractivity contribution in [3.05, 3.63) is 30.5 Å². The molecule has 0 saturated carbocycles. The topological polar surface area (TPSA) is 44.8 Å². The van der Waals surface area contributed by atoms with Gasteiger partial charge in [0.05, 0.1) is 0 Å². The molecule has 0 unspecified atom stereocenters. The van der Waals surface area contributed by atoms with E-state index >= 15 is 0 Å². The number of anilines is 1. The summed E-state index contributed by atoms with van der Waals surface area (Å²) in [4.78, 5) is 15.0. The van der Waals surface area contributed by atoms with E-state index in [1.165, 1.54) is 18.2 Å². The van der Waals surface area contributed by atoms with Gasteiger partial charge in [0.1, 0.15) is 5.65 Å². The molecule has 1 N–H and O–H groups in total. The number of aromatic amines is 1. The van der Waals surface area contributed by atoms with Crippen LogP contribution in [0.4, 0.5) is 5.95 Å². The van der Waals surface area contributed by atoms with Crippen LogP contribution < -0.4 is 4.90 Å². The fourth-order valence-electron chi connectivity index (χ4n) is 2.98. The Balaban J connectivity index is 1.77. The summed E-state index contributed by atoms with van der Waals surface area (Å²) in [5, 5.41) is 2.30. The quantitative estimate of drug-likeness (QED) is 0.734. The Morgan fingerprint density at radius 3 is 2.80 bits per heavy atom. The van der Waals surface area contributed by atoms with E-state index in [1.807, 2.05) is 12.3 Å². The van der Waals surface area contributed by atoms with Gasteiger partial charge >= 0.3 is 0 Å². The lowest BCUT2D eigenvalue weighted by atomic mass is 10.00. The van der Waals surface area contributed by atoms with E-state index < -0.39 is 0 Å². The van der Waals surface area contributed by atoms with Gasteiger partial charge in [0.25, 0.3) is 0 Å². The molecule has 4 rings (SSSR count). The maximum atomic E-state index is 4.72. The lowest BCUT2D eigenvalue weighted by molar-refractivity contribution is 0.434. The molecule has 3 heterocycles. The number of nitrogens with one attached hydrogen (secondary N) is 1. The molecule has 4 heteroatoms. The molecule has 0 amide bonds. The van der Waals surface area contributed by atoms with Crippen LogP contribution >= 0.6 is 0 Å². The van der Waals surface area contributed by atoms with Crippen molar-refractivity contribution in [2.24, 2.45) is 5.92 Å². The molecule has 2 aromatic heterocycles. The molecular weight excluding hydrogens is 248 g/mol. The monoisotopic (exact) mass is 266 g/mol. The maximum Gasteiger partial charge on any atom is 0.227 e. The van der Waals surface area contributed by atoms with E-state index in [2.05, 4.69) is 40.0 Å². The number of para-hydroxylation sites is 1. The van der Waals surface area contributed by atoms with Gasteiger partial charge in [-0.15, -0.1) is 0 Å². The van der Waals surface area contributed by atoms with Crippen molar-refractivity contribution in [1.82, 2.24) is 15.0 Å². The summed E-state index contributed by atoms with van der Waals surface area (Å²) in [6, 6.07) is 8.28. The summed E-state index contributed by atoms with van der Waals surface area (Å²) in [5.41, 5.74) is 2.07. The summed E-state index contributed by atoms with van der Waals surface area (Å²) >= 11 is 0. The van der Waals surface area contributed by atoms with E-state index in [9.17, 15) is 0 Å². The van der Waals surface area contributed by atoms with Crippen LogP contribution in [0.15, 0.2) is 30.5 Å². The predicted molar refractivity (Wildman–Crippen MR) is 82.0 cm³/mol. The molecule has 4 nitrogen and oxygen atoms in total. The van der Waals surface area contributed by atoms with Crippen molar-refractivity contribution in [3.63, 3.8) is 0 Å². The number of piperidine rings is 1. The van der Waals surface area contributed by atoms with Crippen molar-refractivity contribution < 1.29 is 0 Å². The Kier molecular flexibility index (Phi) is 2.62. The van der Waals surface area contributed by atoms with Gasteiger partial charge in [-0.2, -0.15) is 4.98 Å². The van der Waals surface area contributed by atoms with Crippen molar-refractivity contribution in [2.45, 2.75) is 19.8 Å². The minimum Gasteiger partial charge on any atom is -0.341 e. The molecular formula is C16H18N4. The Labute approximate surface area is 117 Å². The summed E-state index contributed by atoms with van der Waals surface area (Å²) < 4.78 is 0. The molecule has 3 aromatic rings. The molecule has 102 valence electrons. The molecule has 1 fully saturated rings. The number of nitrogens with zero attached hydrogens (tertiary/aromatic N) is 3. The van der Waals surface area contributed by atoms with E-state index in [4.69, 9.17) is 4.98 Å². The van der Waals surface area contributed by atoms with Crippen LogP contribution in [0.25, 0.3) is 21.9 Å². The van der Waals surface area contributed by atoms with Crippen molar-refractivity contribution >= 4 is 27.9 Å². The van der Waals surface area contributed by atoms with Gasteiger partial charge < -0.3 is 9.88 Å². The van der Waals surface area contributed by atoms with E-state index in [0.29, 0.717) is 0 Å². The van der Waals surface area contributed by atoms with Crippen LogP contribution in [0.2, 0.25) is 0 Å². The highest BCUT2D eigenvalue weighted by molar-refractivity contribution is 6.05. The third-order valence-corrected chi connectivity index (χ3v) is 4.31. The SMILES string of the molecule is CC1CCN(c2ncc3c(n2)[nH]c2ccccc23)CC1. The van der Waals surface area contributed by atoms with Crippen molar-refractivity contribution in [3.8, 4) is 0 Å². The first-order valence-corrected chi connectivity index (χ1v) is 7.29. The van der Waals surface area contributed by atoms with Gasteiger partial charge in [0, 0.05) is 35.6 Å². The molecule has 0 bridgehead atoms. The lowest BCUT2D eigenvalue weighted by Gasteiger charge is -2.30. The van der Waals surface area contributed by atoms with E-state index in [-0.39, 0.29) is 0 Å². The van der Waals surface area contributed by atoms with E-state index in [1.54, 1.807) is 0 Å². The summed E-state index contributed by atoms with van der Waals surface area (Å²) in [6.07, 6.45) is 4.41. The first kappa shape index (κ1) is 11.7. The number of fused-ring (bicyclic) bond motifs is 3. The Morgan fingerprint density at radius 2 is 1.95 bits per heavy atom. The molecule has 20 heavy (non-hydrogen) atoms. The molecule has 0 aliphatic carbocycles. The van der Waals surface area contributed by atoms with Gasteiger partial charge in [0.15, 0.2) is 0 Å². The second-order valence-electron chi connectivity index (χ2n) is 5.77. The fraction of sp³-hybridized carbons (Fsp3) is 0.375. The zero-order chi connectivity index (χ0) is 13.5. The van der Waals surface area contributed by atoms with Crippen LogP contribution in [0.1, 0.15) is 19.8 Å². The van der Waals surface area contributed by atoms with Crippen LogP contribution in [-0.4, -0.2) is 28.0 Å². The zero-order valence-corrected chi connectivity index (χ0v) is 11.6. The molecule has 1 saturated heterocycles. The number of hydrogen-bond acceptors (Lipinski definition) is 3. The van der Waals surface area contributed by atoms with Crippen LogP contribution in [0, 0.1) is 5.92 Å². The van der Waals surface area contributed by atoms with Crippen LogP contribution in [-0.2, 0) is 0 Å². The highest BCUT2D eigenvalue weighted by atomic mass is 15.3. The lowest BCUT2D eigenvalue weighted by Crippen LogP contribution is -2.34. The molecule has 0 atom stereocenters. The number of rotatable bonds is 1. The molecule has 0 spiro atoms. The minimum absolute atomic E-state index is 0.822. The minimum atomic E-state index is 0.822. The van der Waals surface area contributed by atoms with Gasteiger partial charge in [-0.3, -0.25) is 0 Å². The average molecular weight is 266 g/mol. The Hall–Kier alpha value is -2.10. The van der Waals surface area contributed by atoms with Gasteiger partial charge in [-0.05, 0) is 24.8 Å². The third-order valence-electron chi connectivity index (χ3n) is 4.31. The average Bonchev–Trinajstić information content (AvgIpc) is 2.85. The summed E-state index contributed by atoms with van der Waals surface area (Å²) in [7, 11) is 0. The number of H-pyrrole nitrogens is 1. The first-order chi connectivity index (χ1) is 9.81. The van der Waals surface area contributed by atoms with Gasteiger partial charge in [-0.1, -0.05) is 25.1 Å². The number of benzene rings is 1. The normalized spacial score (nSPS) is 17.1. The van der Waals surface area contributed by atoms with Crippen molar-refractivity contribution in [1.29, 1.82) is 0 Å². The second-order valence-corrected chi connectivity index (χ2v) is 5.77. The Morgan fingerprint density at radius 1 is 1.15 bits per heavy atom. The third kappa shape index (κ3) is 1.83. The standard InChI is InChI=1S/C16H18N4/c1-11-6-8-20(9-7-11)16-17-10-13-12-4-2-3-5-14(12)18-15(13)19-16/h2-5,10-11H,6-9H2,1H3,(H,17,18,19). The smallest absolute Gasteiger partial charge is 0.227 e. The number of hydrogen-bond donors (Lipinski definition) is 1. The van der Waals surface area contributed by atoms with Gasteiger partial charge in [-0.25, -0.2) is 4.98 Å². The highest BCUT2D eigenvalue weighted by Crippen LogP contribution is 2.26. The summed E-state index contributed by atoms with van der Waals surface area (Å²) in [6.45, 7) is 4.44. The molecule has 1 aliphatic heterocycles. The number of aromatic nitrogens is 3. The fourth-order valence-corrected chi connectivity index (χ4v) is 2.98. The van der Waals surface area contributed by atoms with Crippen LogP contribution in [0.5, 0.6) is 0 Å². The van der Waals surface area contributed by atoms with Crippen LogP contribution in [0.3, 0.4) is 0 Å². The Bertz CT molecular complexity index is 753. The van der Waals surface area contributed by atoms with E-state index in [0.717, 1.165) is 41.5 Å². The van der Waals surface area contributed by atoms with Crippen molar-refractivity contribution in [2.75, 3.05) is 18.0 Å². The maximum absolute atomic E-state index is 4.72. The molecule has 1 aromatic carbocycles. The largest absolute Gasteiger partial charge is 0.341 e. The first-order valence-electron chi connectivity index (χ1n) is 7.29. The molecule has 0 radical (unpaired) electrons. The highest BCUT2D eigenvalue weighted by Gasteiger charge is 2.18.